The third-order valence-corrected chi connectivity index (χ3v) is 6.67. The molecule has 3 heterocycles. The van der Waals surface area contributed by atoms with Crippen LogP contribution in [0.5, 0.6) is 11.5 Å². The summed E-state index contributed by atoms with van der Waals surface area (Å²) in [5.41, 5.74) is 2.78. The van der Waals surface area contributed by atoms with Crippen LogP contribution in [0.25, 0.3) is 28.0 Å². The Morgan fingerprint density at radius 2 is 1.71 bits per heavy atom. The molecule has 0 unspecified atom stereocenters. The standard InChI is InChI=1S/C25H28ClN6O2/c1-16-13-17-14-21(33-3)22(34-4)15-19(17)23(18-7-5-6-8-20(18)26)32(16)25-27-24(28-29-25)31-11-9-30(2)10-12-31/h5-8,13-15H,9-12H2,1-4H3,(H,27,28,29)/q+1. The molecule has 0 bridgehead atoms. The number of hydrogen-bond donors (Lipinski definition) is 1. The first-order valence-electron chi connectivity index (χ1n) is 11.2. The molecule has 0 saturated carbocycles. The summed E-state index contributed by atoms with van der Waals surface area (Å²) in [4.78, 5) is 9.41. The van der Waals surface area contributed by atoms with E-state index in [0.717, 1.165) is 53.9 Å². The van der Waals surface area contributed by atoms with Crippen molar-refractivity contribution in [2.45, 2.75) is 6.92 Å². The van der Waals surface area contributed by atoms with Crippen molar-refractivity contribution in [3.63, 3.8) is 0 Å². The van der Waals surface area contributed by atoms with E-state index in [0.29, 0.717) is 28.4 Å². The Morgan fingerprint density at radius 1 is 1.00 bits per heavy atom. The van der Waals surface area contributed by atoms with E-state index in [1.807, 2.05) is 36.4 Å². The number of H-pyrrole nitrogens is 1. The van der Waals surface area contributed by atoms with Gasteiger partial charge in [0.2, 0.25) is 0 Å². The molecular formula is C25H28ClN6O2+. The van der Waals surface area contributed by atoms with Gasteiger partial charge in [0, 0.05) is 37.1 Å². The fourth-order valence-corrected chi connectivity index (χ4v) is 4.72. The predicted molar refractivity (Wildman–Crippen MR) is 133 cm³/mol. The van der Waals surface area contributed by atoms with Crippen molar-refractivity contribution in [3.05, 3.63) is 53.2 Å². The Hall–Kier alpha value is -3.36. The lowest BCUT2D eigenvalue weighted by molar-refractivity contribution is -0.597. The molecule has 1 N–H and O–H groups in total. The van der Waals surface area contributed by atoms with Crippen molar-refractivity contribution in [2.75, 3.05) is 52.3 Å². The number of halogens is 1. The Morgan fingerprint density at radius 3 is 2.41 bits per heavy atom. The van der Waals surface area contributed by atoms with Crippen LogP contribution in [0.3, 0.4) is 0 Å². The summed E-state index contributed by atoms with van der Waals surface area (Å²) < 4.78 is 13.2. The number of fused-ring (bicyclic) bond motifs is 1. The number of ether oxygens (including phenoxy) is 2. The highest BCUT2D eigenvalue weighted by atomic mass is 35.5. The van der Waals surface area contributed by atoms with Crippen molar-refractivity contribution < 1.29 is 14.0 Å². The number of nitrogens with zero attached hydrogens (tertiary/aromatic N) is 5. The van der Waals surface area contributed by atoms with Gasteiger partial charge in [0.05, 0.1) is 24.9 Å². The lowest BCUT2D eigenvalue weighted by Gasteiger charge is -2.30. The number of pyridine rings is 1. The summed E-state index contributed by atoms with van der Waals surface area (Å²) in [6, 6.07) is 13.9. The van der Waals surface area contributed by atoms with Crippen LogP contribution in [0, 0.1) is 6.92 Å². The zero-order valence-electron chi connectivity index (χ0n) is 19.8. The molecule has 0 spiro atoms. The number of aromatic nitrogens is 4. The molecule has 1 aliphatic rings. The van der Waals surface area contributed by atoms with Gasteiger partial charge in [-0.25, -0.2) is 0 Å². The molecule has 9 heteroatoms. The number of nitrogens with one attached hydrogen (secondary N) is 1. The molecule has 5 rings (SSSR count). The van der Waals surface area contributed by atoms with Crippen molar-refractivity contribution in [3.8, 4) is 28.7 Å². The van der Waals surface area contributed by atoms with Gasteiger partial charge in [0.25, 0.3) is 0 Å². The molecule has 1 aliphatic heterocycles. The first-order valence-corrected chi connectivity index (χ1v) is 11.6. The number of benzene rings is 2. The van der Waals surface area contributed by atoms with E-state index in [2.05, 4.69) is 44.6 Å². The van der Waals surface area contributed by atoms with Crippen LogP contribution in [0.1, 0.15) is 5.69 Å². The van der Waals surface area contributed by atoms with Gasteiger partial charge >= 0.3 is 11.9 Å². The molecule has 2 aromatic carbocycles. The van der Waals surface area contributed by atoms with Gasteiger partial charge in [-0.15, -0.1) is 5.10 Å². The molecule has 1 saturated heterocycles. The van der Waals surface area contributed by atoms with Crippen molar-refractivity contribution >= 4 is 28.3 Å². The Kier molecular flexibility index (Phi) is 6.02. The van der Waals surface area contributed by atoms with Gasteiger partial charge in [0.15, 0.2) is 11.5 Å². The van der Waals surface area contributed by atoms with E-state index >= 15 is 0 Å². The number of methoxy groups -OCH3 is 2. The summed E-state index contributed by atoms with van der Waals surface area (Å²) >= 11 is 6.72. The average Bonchev–Trinajstić information content (AvgIpc) is 3.33. The number of piperazine rings is 1. The Labute approximate surface area is 203 Å². The molecule has 1 fully saturated rings. The van der Waals surface area contributed by atoms with Crippen molar-refractivity contribution in [1.29, 1.82) is 0 Å². The molecule has 2 aromatic heterocycles. The molecule has 0 radical (unpaired) electrons. The third-order valence-electron chi connectivity index (χ3n) is 6.34. The van der Waals surface area contributed by atoms with Crippen LogP contribution in [0.15, 0.2) is 42.5 Å². The number of rotatable bonds is 5. The SMILES string of the molecule is COc1cc2cc(C)[n+](-c3nc(N4CCN(C)CC4)n[nH]3)c(-c3ccccc3Cl)c2cc1OC. The van der Waals surface area contributed by atoms with Gasteiger partial charge in [-0.05, 0) is 54.7 Å². The summed E-state index contributed by atoms with van der Waals surface area (Å²) in [5, 5.41) is 10.3. The molecule has 0 aliphatic carbocycles. The Balaban J connectivity index is 1.74. The van der Waals surface area contributed by atoms with Gasteiger partial charge < -0.3 is 19.3 Å². The van der Waals surface area contributed by atoms with Gasteiger partial charge in [-0.2, -0.15) is 4.57 Å². The highest BCUT2D eigenvalue weighted by Gasteiger charge is 2.28. The van der Waals surface area contributed by atoms with Crippen LogP contribution in [0.2, 0.25) is 5.02 Å². The van der Waals surface area contributed by atoms with Crippen LogP contribution >= 0.6 is 11.6 Å². The van der Waals surface area contributed by atoms with Gasteiger partial charge in [-0.3, -0.25) is 0 Å². The van der Waals surface area contributed by atoms with Crippen molar-refractivity contribution in [2.24, 2.45) is 0 Å². The molecule has 176 valence electrons. The molecule has 4 aromatic rings. The van der Waals surface area contributed by atoms with E-state index < -0.39 is 0 Å². The highest BCUT2D eigenvalue weighted by molar-refractivity contribution is 6.33. The topological polar surface area (TPSA) is 70.4 Å². The summed E-state index contributed by atoms with van der Waals surface area (Å²) in [5.74, 6) is 2.66. The maximum absolute atomic E-state index is 6.72. The zero-order chi connectivity index (χ0) is 23.8. The molecule has 0 amide bonds. The van der Waals surface area contributed by atoms with E-state index in [1.165, 1.54) is 0 Å². The third kappa shape index (κ3) is 3.93. The highest BCUT2D eigenvalue weighted by Crippen LogP contribution is 2.38. The fourth-order valence-electron chi connectivity index (χ4n) is 4.49. The second-order valence-corrected chi connectivity index (χ2v) is 8.90. The van der Waals surface area contributed by atoms with Crippen molar-refractivity contribution in [1.82, 2.24) is 20.1 Å². The minimum atomic E-state index is 0.637. The Bertz CT molecular complexity index is 1350. The zero-order valence-corrected chi connectivity index (χ0v) is 20.6. The van der Waals surface area contributed by atoms with E-state index in [4.69, 9.17) is 26.1 Å². The molecule has 8 nitrogen and oxygen atoms in total. The lowest BCUT2D eigenvalue weighted by Crippen LogP contribution is -2.45. The molecule has 34 heavy (non-hydrogen) atoms. The average molecular weight is 480 g/mol. The van der Waals surface area contributed by atoms with Gasteiger partial charge in [0.1, 0.15) is 5.69 Å². The number of aryl methyl sites for hydroxylation is 1. The van der Waals surface area contributed by atoms with Crippen LogP contribution in [0.4, 0.5) is 5.95 Å². The first-order chi connectivity index (χ1) is 16.5. The minimum Gasteiger partial charge on any atom is -0.493 e. The number of anilines is 1. The maximum atomic E-state index is 6.72. The van der Waals surface area contributed by atoms with Crippen LogP contribution < -0.4 is 18.9 Å². The largest absolute Gasteiger partial charge is 0.493 e. The number of aromatic amines is 1. The van der Waals surface area contributed by atoms with Gasteiger partial charge in [-0.1, -0.05) is 28.8 Å². The molecular weight excluding hydrogens is 452 g/mol. The van der Waals surface area contributed by atoms with E-state index in [9.17, 15) is 0 Å². The molecule has 0 atom stereocenters. The maximum Gasteiger partial charge on any atom is 0.424 e. The first kappa shape index (κ1) is 22.4. The van der Waals surface area contributed by atoms with Crippen LogP contribution in [-0.2, 0) is 0 Å². The monoisotopic (exact) mass is 479 g/mol. The lowest BCUT2D eigenvalue weighted by atomic mass is 10.0. The minimum absolute atomic E-state index is 0.637. The summed E-state index contributed by atoms with van der Waals surface area (Å²) in [7, 11) is 5.41. The second-order valence-electron chi connectivity index (χ2n) is 8.49. The summed E-state index contributed by atoms with van der Waals surface area (Å²) in [6.45, 7) is 5.80. The fraction of sp³-hybridized carbons (Fsp3) is 0.320. The number of hydrogen-bond acceptors (Lipinski definition) is 6. The normalized spacial score (nSPS) is 14.6. The number of likely N-dealkylation sites (N-methyl/N-ethyl adjacent to an activating group) is 1. The summed E-state index contributed by atoms with van der Waals surface area (Å²) in [6.07, 6.45) is 0. The quantitative estimate of drug-likeness (QED) is 0.441. The van der Waals surface area contributed by atoms with E-state index in [-0.39, 0.29) is 0 Å². The van der Waals surface area contributed by atoms with Crippen LogP contribution in [-0.4, -0.2) is 67.5 Å². The van der Waals surface area contributed by atoms with E-state index in [1.54, 1.807) is 14.2 Å². The smallest absolute Gasteiger partial charge is 0.424 e. The predicted octanol–water partition coefficient (Wildman–Crippen LogP) is 3.63. The second kappa shape index (κ2) is 9.12.